The Morgan fingerprint density at radius 3 is 2.74 bits per heavy atom. The van der Waals surface area contributed by atoms with E-state index in [0.717, 1.165) is 22.2 Å². The van der Waals surface area contributed by atoms with Crippen molar-refractivity contribution in [3.8, 4) is 11.1 Å². The van der Waals surface area contributed by atoms with Crippen molar-refractivity contribution in [2.24, 2.45) is 0 Å². The van der Waals surface area contributed by atoms with Gasteiger partial charge >= 0.3 is 0 Å². The van der Waals surface area contributed by atoms with Gasteiger partial charge in [-0.3, -0.25) is 14.2 Å². The number of halogens is 1. The lowest BCUT2D eigenvalue weighted by atomic mass is 10.1. The van der Waals surface area contributed by atoms with Gasteiger partial charge < -0.3 is 10.4 Å². The Morgan fingerprint density at radius 1 is 1.06 bits per heavy atom. The Hall–Kier alpha value is -4.17. The lowest BCUT2D eigenvalue weighted by Crippen LogP contribution is -2.33. The SMILES string of the molecule is O=C(NCC1(O)CC1)c1ccc(-c2cnc3ncc(Cc4ccc5ncccc5c4)n3c2)cc1F. The number of nitrogens with zero attached hydrogens (tertiary/aromatic N) is 4. The molecule has 35 heavy (non-hydrogen) atoms. The van der Waals surface area contributed by atoms with Gasteiger partial charge in [0.1, 0.15) is 5.82 Å². The zero-order chi connectivity index (χ0) is 24.0. The number of aromatic nitrogens is 4. The second-order valence-corrected chi connectivity index (χ2v) is 9.07. The summed E-state index contributed by atoms with van der Waals surface area (Å²) in [7, 11) is 0. The molecular weight excluding hydrogens is 445 g/mol. The molecule has 0 spiro atoms. The van der Waals surface area contributed by atoms with Gasteiger partial charge in [0.15, 0.2) is 0 Å². The minimum absolute atomic E-state index is 0.0545. The minimum atomic E-state index is -0.834. The second-order valence-electron chi connectivity index (χ2n) is 9.07. The number of carbonyl (C=O) groups excluding carboxylic acids is 1. The molecule has 1 aliphatic carbocycles. The van der Waals surface area contributed by atoms with Crippen LogP contribution < -0.4 is 5.32 Å². The topological polar surface area (TPSA) is 92.4 Å². The first-order chi connectivity index (χ1) is 17.0. The molecule has 1 saturated carbocycles. The van der Waals surface area contributed by atoms with Crippen molar-refractivity contribution in [2.75, 3.05) is 6.54 Å². The molecule has 1 aliphatic rings. The Morgan fingerprint density at radius 2 is 1.91 bits per heavy atom. The van der Waals surface area contributed by atoms with Crippen LogP contribution in [0.5, 0.6) is 0 Å². The van der Waals surface area contributed by atoms with E-state index in [1.807, 2.05) is 34.9 Å². The van der Waals surface area contributed by atoms with E-state index >= 15 is 0 Å². The van der Waals surface area contributed by atoms with E-state index < -0.39 is 17.3 Å². The largest absolute Gasteiger partial charge is 0.388 e. The van der Waals surface area contributed by atoms with Crippen LogP contribution in [0.15, 0.2) is 73.3 Å². The highest BCUT2D eigenvalue weighted by atomic mass is 19.1. The summed E-state index contributed by atoms with van der Waals surface area (Å²) in [4.78, 5) is 25.5. The molecule has 8 heteroatoms. The number of fused-ring (bicyclic) bond motifs is 2. The summed E-state index contributed by atoms with van der Waals surface area (Å²) in [5.74, 6) is -0.607. The average molecular weight is 468 g/mol. The minimum Gasteiger partial charge on any atom is -0.388 e. The molecule has 0 saturated heterocycles. The van der Waals surface area contributed by atoms with Crippen LogP contribution in [0.1, 0.15) is 34.5 Å². The van der Waals surface area contributed by atoms with E-state index in [4.69, 9.17) is 0 Å². The molecule has 174 valence electrons. The first kappa shape index (κ1) is 21.4. The van der Waals surface area contributed by atoms with Gasteiger partial charge in [-0.2, -0.15) is 0 Å². The Kier molecular flexibility index (Phi) is 5.04. The highest BCUT2D eigenvalue weighted by Gasteiger charge is 2.40. The molecule has 3 heterocycles. The van der Waals surface area contributed by atoms with E-state index in [1.165, 1.54) is 12.1 Å². The second kappa shape index (κ2) is 8.25. The molecule has 0 bridgehead atoms. The fourth-order valence-corrected chi connectivity index (χ4v) is 4.18. The lowest BCUT2D eigenvalue weighted by molar-refractivity contribution is 0.0892. The molecule has 6 rings (SSSR count). The van der Waals surface area contributed by atoms with Crippen molar-refractivity contribution < 1.29 is 14.3 Å². The number of imidazole rings is 1. The van der Waals surface area contributed by atoms with Crippen LogP contribution in [0, 0.1) is 5.82 Å². The number of pyridine rings is 1. The number of hydrogen-bond acceptors (Lipinski definition) is 5. The number of hydrogen-bond donors (Lipinski definition) is 2. The third kappa shape index (κ3) is 4.24. The molecule has 0 radical (unpaired) electrons. The van der Waals surface area contributed by atoms with Crippen LogP contribution in [-0.2, 0) is 6.42 Å². The number of amides is 1. The zero-order valence-corrected chi connectivity index (χ0v) is 18.8. The van der Waals surface area contributed by atoms with Crippen molar-refractivity contribution >= 4 is 22.6 Å². The Balaban J connectivity index is 1.26. The van der Waals surface area contributed by atoms with Gasteiger partial charge in [-0.1, -0.05) is 18.2 Å². The van der Waals surface area contributed by atoms with Crippen molar-refractivity contribution in [1.82, 2.24) is 24.7 Å². The molecule has 1 amide bonds. The molecule has 1 fully saturated rings. The van der Waals surface area contributed by atoms with Gasteiger partial charge in [-0.25, -0.2) is 14.4 Å². The molecule has 2 N–H and O–H groups in total. The first-order valence-corrected chi connectivity index (χ1v) is 11.4. The van der Waals surface area contributed by atoms with E-state index in [1.54, 1.807) is 24.7 Å². The quantitative estimate of drug-likeness (QED) is 0.395. The Labute approximate surface area is 200 Å². The van der Waals surface area contributed by atoms with Crippen molar-refractivity contribution in [1.29, 1.82) is 0 Å². The summed E-state index contributed by atoms with van der Waals surface area (Å²) < 4.78 is 16.7. The smallest absolute Gasteiger partial charge is 0.254 e. The van der Waals surface area contributed by atoms with Gasteiger partial charge in [-0.05, 0) is 54.3 Å². The van der Waals surface area contributed by atoms with Crippen molar-refractivity contribution in [3.05, 3.63) is 96.0 Å². The highest BCUT2D eigenvalue weighted by molar-refractivity contribution is 5.95. The zero-order valence-electron chi connectivity index (χ0n) is 18.8. The van der Waals surface area contributed by atoms with Crippen LogP contribution >= 0.6 is 0 Å². The van der Waals surface area contributed by atoms with Gasteiger partial charge in [0.05, 0.1) is 22.9 Å². The van der Waals surface area contributed by atoms with Gasteiger partial charge in [0.25, 0.3) is 5.91 Å². The maximum absolute atomic E-state index is 14.8. The summed E-state index contributed by atoms with van der Waals surface area (Å²) in [6.07, 6.45) is 9.05. The molecule has 7 nitrogen and oxygen atoms in total. The van der Waals surface area contributed by atoms with E-state index in [-0.39, 0.29) is 12.1 Å². The van der Waals surface area contributed by atoms with Crippen LogP contribution in [0.3, 0.4) is 0 Å². The number of carbonyl (C=O) groups is 1. The highest BCUT2D eigenvalue weighted by Crippen LogP contribution is 2.34. The van der Waals surface area contributed by atoms with Crippen LogP contribution in [0.2, 0.25) is 0 Å². The van der Waals surface area contributed by atoms with Crippen LogP contribution in [0.4, 0.5) is 4.39 Å². The standard InChI is InChI=1S/C27H22FN5O2/c28-23-12-18(4-5-22(23)25(34)32-16-27(35)7-8-27)20-13-30-26-31-14-21(33(26)15-20)11-17-3-6-24-19(10-17)2-1-9-29-24/h1-6,9-10,12-15,35H,7-8,11,16H2,(H,32,34). The van der Waals surface area contributed by atoms with Crippen molar-refractivity contribution in [2.45, 2.75) is 24.9 Å². The Bertz CT molecular complexity index is 1590. The normalized spacial score (nSPS) is 14.3. The number of nitrogens with one attached hydrogen (secondary N) is 1. The fourth-order valence-electron chi connectivity index (χ4n) is 4.18. The van der Waals surface area contributed by atoms with Gasteiger partial charge in [0.2, 0.25) is 5.78 Å². The van der Waals surface area contributed by atoms with Gasteiger partial charge in [0, 0.05) is 48.2 Å². The monoisotopic (exact) mass is 467 g/mol. The molecule has 2 aromatic carbocycles. The molecule has 3 aromatic heterocycles. The van der Waals surface area contributed by atoms with Crippen molar-refractivity contribution in [3.63, 3.8) is 0 Å². The summed E-state index contributed by atoms with van der Waals surface area (Å²) in [6.45, 7) is 0.130. The van der Waals surface area contributed by atoms with Crippen LogP contribution in [-0.4, -0.2) is 42.5 Å². The average Bonchev–Trinajstić information content (AvgIpc) is 3.49. The third-order valence-electron chi connectivity index (χ3n) is 6.45. The predicted octanol–water partition coefficient (Wildman–Crippen LogP) is 3.93. The van der Waals surface area contributed by atoms with Gasteiger partial charge in [-0.15, -0.1) is 0 Å². The molecule has 0 atom stereocenters. The molecular formula is C27H22FN5O2. The maximum Gasteiger partial charge on any atom is 0.254 e. The number of benzene rings is 2. The maximum atomic E-state index is 14.8. The summed E-state index contributed by atoms with van der Waals surface area (Å²) in [5.41, 5.74) is 3.44. The summed E-state index contributed by atoms with van der Waals surface area (Å²) in [5, 5.41) is 13.6. The third-order valence-corrected chi connectivity index (χ3v) is 6.45. The van der Waals surface area contributed by atoms with E-state index in [0.29, 0.717) is 36.2 Å². The molecule has 0 aliphatic heterocycles. The molecule has 0 unspecified atom stereocenters. The number of aliphatic hydroxyl groups is 1. The van der Waals surface area contributed by atoms with Crippen LogP contribution in [0.25, 0.3) is 27.8 Å². The van der Waals surface area contributed by atoms with E-state index in [9.17, 15) is 14.3 Å². The number of rotatable bonds is 6. The molecule has 5 aromatic rings. The lowest BCUT2D eigenvalue weighted by Gasteiger charge is -2.11. The fraction of sp³-hybridized carbons (Fsp3) is 0.185. The summed E-state index contributed by atoms with van der Waals surface area (Å²) >= 11 is 0. The summed E-state index contributed by atoms with van der Waals surface area (Å²) in [6, 6.07) is 14.6. The predicted molar refractivity (Wildman–Crippen MR) is 129 cm³/mol. The first-order valence-electron chi connectivity index (χ1n) is 11.4. The van der Waals surface area contributed by atoms with E-state index in [2.05, 4.69) is 26.3 Å².